The van der Waals surface area contributed by atoms with Gasteiger partial charge in [0.1, 0.15) is 6.54 Å². The van der Waals surface area contributed by atoms with Crippen molar-refractivity contribution in [2.45, 2.75) is 24.9 Å². The van der Waals surface area contributed by atoms with Crippen molar-refractivity contribution in [2.75, 3.05) is 39.0 Å². The molecule has 3 rings (SSSR count). The van der Waals surface area contributed by atoms with E-state index >= 15 is 0 Å². The number of ether oxygens (including phenoxy) is 1. The van der Waals surface area contributed by atoms with Crippen LogP contribution in [-0.2, 0) is 19.6 Å². The molecule has 10 heteroatoms. The van der Waals surface area contributed by atoms with E-state index in [1.54, 1.807) is 17.2 Å². The minimum Gasteiger partial charge on any atom is -0.480 e. The van der Waals surface area contributed by atoms with E-state index in [2.05, 4.69) is 4.98 Å². The molecule has 2 heterocycles. The fourth-order valence-electron chi connectivity index (χ4n) is 3.08. The van der Waals surface area contributed by atoms with Gasteiger partial charge >= 0.3 is 5.97 Å². The molecule has 1 aliphatic heterocycles. The number of morpholine rings is 1. The summed E-state index contributed by atoms with van der Waals surface area (Å²) in [5.41, 5.74) is 1.48. The van der Waals surface area contributed by atoms with E-state index in [1.165, 1.54) is 0 Å². The zero-order valence-electron chi connectivity index (χ0n) is 15.1. The lowest BCUT2D eigenvalue weighted by Crippen LogP contribution is -2.51. The van der Waals surface area contributed by atoms with Gasteiger partial charge in [-0.3, -0.25) is 14.6 Å². The summed E-state index contributed by atoms with van der Waals surface area (Å²) in [6.07, 6.45) is 4.20. The van der Waals surface area contributed by atoms with Crippen LogP contribution in [0.1, 0.15) is 34.8 Å². The van der Waals surface area contributed by atoms with Gasteiger partial charge in [0.25, 0.3) is 5.91 Å². The largest absolute Gasteiger partial charge is 0.480 e. The number of hydrogen-bond donors (Lipinski definition) is 1. The van der Waals surface area contributed by atoms with Crippen molar-refractivity contribution in [1.29, 1.82) is 0 Å². The molecule has 2 aliphatic rings. The lowest BCUT2D eigenvalue weighted by molar-refractivity contribution is -0.137. The number of rotatable bonds is 7. The zero-order valence-corrected chi connectivity index (χ0v) is 15.9. The average molecular weight is 397 g/mol. The van der Waals surface area contributed by atoms with Crippen LogP contribution in [0.15, 0.2) is 18.3 Å². The van der Waals surface area contributed by atoms with Crippen LogP contribution in [0.5, 0.6) is 0 Å². The quantitative estimate of drug-likeness (QED) is 0.696. The summed E-state index contributed by atoms with van der Waals surface area (Å²) in [4.78, 5) is 29.7. The molecule has 1 aliphatic carbocycles. The number of nitrogens with zero attached hydrogens (tertiary/aromatic N) is 3. The second-order valence-electron chi connectivity index (χ2n) is 6.94. The van der Waals surface area contributed by atoms with Crippen molar-refractivity contribution in [3.63, 3.8) is 0 Å². The summed E-state index contributed by atoms with van der Waals surface area (Å²) >= 11 is 0. The Hall–Kier alpha value is -2.04. The highest BCUT2D eigenvalue weighted by Crippen LogP contribution is 2.39. The van der Waals surface area contributed by atoms with E-state index in [-0.39, 0.29) is 25.6 Å². The van der Waals surface area contributed by atoms with E-state index in [4.69, 9.17) is 9.84 Å². The molecule has 1 saturated carbocycles. The summed E-state index contributed by atoms with van der Waals surface area (Å²) in [6.45, 7) is 0.113. The Labute approximate surface area is 158 Å². The molecule has 0 aromatic carbocycles. The molecule has 0 radical (unpaired) electrons. The molecule has 1 amide bonds. The van der Waals surface area contributed by atoms with Crippen LogP contribution in [0.3, 0.4) is 0 Å². The highest BCUT2D eigenvalue weighted by molar-refractivity contribution is 7.88. The third-order valence-corrected chi connectivity index (χ3v) is 5.85. The van der Waals surface area contributed by atoms with E-state index in [9.17, 15) is 18.0 Å². The van der Waals surface area contributed by atoms with Gasteiger partial charge in [-0.15, -0.1) is 0 Å². The van der Waals surface area contributed by atoms with Gasteiger partial charge in [0, 0.05) is 43.0 Å². The zero-order chi connectivity index (χ0) is 19.6. The molecule has 1 aromatic rings. The monoisotopic (exact) mass is 397 g/mol. The molecular weight excluding hydrogens is 374 g/mol. The predicted molar refractivity (Wildman–Crippen MR) is 95.9 cm³/mol. The first-order valence-electron chi connectivity index (χ1n) is 8.78. The lowest BCUT2D eigenvalue weighted by Gasteiger charge is -2.35. The first-order chi connectivity index (χ1) is 12.7. The molecular formula is C17H23N3O6S. The van der Waals surface area contributed by atoms with Crippen LogP contribution in [0.25, 0.3) is 0 Å². The maximum Gasteiger partial charge on any atom is 0.318 e. The Morgan fingerprint density at radius 3 is 2.78 bits per heavy atom. The third-order valence-electron chi connectivity index (χ3n) is 4.64. The standard InChI is InChI=1S/C17H23N3O6S/c1-27(24,25)20(11-16(21)22)10-14-9-19(6-7-26-14)17(23)13-4-5-18-15(8-13)12-2-3-12/h4-5,8,12,14H,2-3,6-7,9-11H2,1H3,(H,21,22). The van der Waals surface area contributed by atoms with Crippen molar-refractivity contribution in [3.05, 3.63) is 29.6 Å². The molecule has 27 heavy (non-hydrogen) atoms. The summed E-state index contributed by atoms with van der Waals surface area (Å²) in [7, 11) is -3.70. The van der Waals surface area contributed by atoms with Crippen molar-refractivity contribution in [1.82, 2.24) is 14.2 Å². The molecule has 148 valence electrons. The third kappa shape index (κ3) is 5.24. The van der Waals surface area contributed by atoms with Crippen LogP contribution in [0, 0.1) is 0 Å². The van der Waals surface area contributed by atoms with Crippen LogP contribution >= 0.6 is 0 Å². The van der Waals surface area contributed by atoms with Gasteiger partial charge in [0.05, 0.1) is 19.0 Å². The van der Waals surface area contributed by atoms with Gasteiger partial charge < -0.3 is 14.7 Å². The Morgan fingerprint density at radius 1 is 1.41 bits per heavy atom. The summed E-state index contributed by atoms with van der Waals surface area (Å²) in [5, 5.41) is 8.92. The number of sulfonamides is 1. The van der Waals surface area contributed by atoms with E-state index in [1.807, 2.05) is 6.07 Å². The first kappa shape index (κ1) is 19.7. The van der Waals surface area contributed by atoms with Crippen LogP contribution in [0.4, 0.5) is 0 Å². The maximum absolute atomic E-state index is 12.8. The smallest absolute Gasteiger partial charge is 0.318 e. The molecule has 1 saturated heterocycles. The minimum absolute atomic E-state index is 0.113. The maximum atomic E-state index is 12.8. The van der Waals surface area contributed by atoms with Gasteiger partial charge in [-0.2, -0.15) is 4.31 Å². The predicted octanol–water partition coefficient (Wildman–Crippen LogP) is 0.146. The first-order valence-corrected chi connectivity index (χ1v) is 10.6. The molecule has 9 nitrogen and oxygen atoms in total. The van der Waals surface area contributed by atoms with Crippen LogP contribution in [-0.4, -0.2) is 84.7 Å². The number of carbonyl (C=O) groups is 2. The van der Waals surface area contributed by atoms with Gasteiger partial charge in [0.15, 0.2) is 0 Å². The topological polar surface area (TPSA) is 117 Å². The van der Waals surface area contributed by atoms with E-state index in [0.29, 0.717) is 18.0 Å². The average Bonchev–Trinajstić information content (AvgIpc) is 3.45. The number of aromatic nitrogens is 1. The molecule has 0 spiro atoms. The molecule has 1 unspecified atom stereocenters. The van der Waals surface area contributed by atoms with Crippen molar-refractivity contribution >= 4 is 21.9 Å². The highest BCUT2D eigenvalue weighted by Gasteiger charge is 2.31. The van der Waals surface area contributed by atoms with Gasteiger partial charge in [0.2, 0.25) is 10.0 Å². The van der Waals surface area contributed by atoms with Crippen molar-refractivity contribution in [2.24, 2.45) is 0 Å². The van der Waals surface area contributed by atoms with Crippen molar-refractivity contribution in [3.8, 4) is 0 Å². The second-order valence-corrected chi connectivity index (χ2v) is 8.92. The molecule has 2 fully saturated rings. The molecule has 1 N–H and O–H groups in total. The Kier molecular flexibility index (Phi) is 5.78. The van der Waals surface area contributed by atoms with Gasteiger partial charge in [-0.05, 0) is 25.0 Å². The number of hydrogen-bond acceptors (Lipinski definition) is 6. The number of carbonyl (C=O) groups excluding carboxylic acids is 1. The number of carboxylic acids is 1. The van der Waals surface area contributed by atoms with Gasteiger partial charge in [-0.25, -0.2) is 8.42 Å². The Morgan fingerprint density at radius 2 is 2.15 bits per heavy atom. The summed E-state index contributed by atoms with van der Waals surface area (Å²) < 4.78 is 30.0. The lowest BCUT2D eigenvalue weighted by atomic mass is 10.1. The number of aliphatic carboxylic acids is 1. The fraction of sp³-hybridized carbons (Fsp3) is 0.588. The Balaban J connectivity index is 1.67. The Bertz CT molecular complexity index is 824. The van der Waals surface area contributed by atoms with Gasteiger partial charge in [-0.1, -0.05) is 0 Å². The van der Waals surface area contributed by atoms with E-state index in [0.717, 1.165) is 29.1 Å². The van der Waals surface area contributed by atoms with E-state index < -0.39 is 28.6 Å². The van der Waals surface area contributed by atoms with Crippen molar-refractivity contribution < 1.29 is 27.9 Å². The highest BCUT2D eigenvalue weighted by atomic mass is 32.2. The number of pyridine rings is 1. The SMILES string of the molecule is CS(=O)(=O)N(CC(=O)O)CC1CN(C(=O)c2ccnc(C3CC3)c2)CCO1. The minimum atomic E-state index is -3.70. The summed E-state index contributed by atoms with van der Waals surface area (Å²) in [6, 6.07) is 3.49. The van der Waals surface area contributed by atoms with Crippen LogP contribution in [0.2, 0.25) is 0 Å². The number of carboxylic acid groups (broad SMARTS) is 1. The number of amides is 1. The molecule has 1 atom stereocenters. The molecule has 1 aromatic heterocycles. The molecule has 0 bridgehead atoms. The fourth-order valence-corrected chi connectivity index (χ4v) is 3.86. The summed E-state index contributed by atoms with van der Waals surface area (Å²) in [5.74, 6) is -0.958. The van der Waals surface area contributed by atoms with Crippen LogP contribution < -0.4 is 0 Å². The second kappa shape index (κ2) is 7.91. The normalized spacial score (nSPS) is 20.7.